The number of hydrogen-bond donors (Lipinski definition) is 0. The summed E-state index contributed by atoms with van der Waals surface area (Å²) in [6.45, 7) is 0.175. The van der Waals surface area contributed by atoms with Gasteiger partial charge >= 0.3 is 5.97 Å². The minimum Gasteiger partial charge on any atom is -0.454 e. The maximum Gasteiger partial charge on any atom is 0.338 e. The summed E-state index contributed by atoms with van der Waals surface area (Å²) >= 11 is 0. The molecule has 172 valence electrons. The average molecular weight is 456 g/mol. The Hall–Kier alpha value is -4.10. The zero-order chi connectivity index (χ0) is 24.1. The molecule has 34 heavy (non-hydrogen) atoms. The van der Waals surface area contributed by atoms with Crippen molar-refractivity contribution in [3.05, 3.63) is 102 Å². The lowest BCUT2D eigenvalue weighted by Gasteiger charge is -2.23. The van der Waals surface area contributed by atoms with Crippen LogP contribution in [0.15, 0.2) is 84.9 Å². The van der Waals surface area contributed by atoms with Crippen LogP contribution in [-0.4, -0.2) is 48.2 Å². The number of ketones is 1. The molecule has 1 aliphatic heterocycles. The quantitative estimate of drug-likeness (QED) is 0.293. The highest BCUT2D eigenvalue weighted by atomic mass is 16.5. The van der Waals surface area contributed by atoms with Gasteiger partial charge in [0.2, 0.25) is 5.91 Å². The van der Waals surface area contributed by atoms with Crippen LogP contribution in [0.3, 0.4) is 0 Å². The second-order valence-corrected chi connectivity index (χ2v) is 8.10. The van der Waals surface area contributed by atoms with Gasteiger partial charge in [-0.1, -0.05) is 60.7 Å². The number of benzene rings is 3. The van der Waals surface area contributed by atoms with Crippen molar-refractivity contribution in [2.45, 2.75) is 19.0 Å². The van der Waals surface area contributed by atoms with Crippen molar-refractivity contribution in [1.29, 1.82) is 0 Å². The topological polar surface area (TPSA) is 84.0 Å². The summed E-state index contributed by atoms with van der Waals surface area (Å²) in [7, 11) is 1.82. The first-order valence-corrected chi connectivity index (χ1v) is 10.9. The van der Waals surface area contributed by atoms with Crippen LogP contribution in [0, 0.1) is 0 Å². The number of carbonyl (C=O) groups excluding carboxylic acids is 4. The number of rotatable bonds is 8. The molecule has 2 amide bonds. The van der Waals surface area contributed by atoms with Crippen LogP contribution in [0.1, 0.15) is 32.7 Å². The van der Waals surface area contributed by atoms with E-state index in [9.17, 15) is 19.2 Å². The first-order chi connectivity index (χ1) is 16.4. The summed E-state index contributed by atoms with van der Waals surface area (Å²) in [5, 5.41) is 0. The second kappa shape index (κ2) is 10.2. The highest BCUT2D eigenvalue weighted by Gasteiger charge is 2.41. The number of Topliss-reactive ketones (excluding diaryl/α,β-unsaturated/α-hetero) is 1. The van der Waals surface area contributed by atoms with Gasteiger partial charge in [0.15, 0.2) is 12.4 Å². The molecule has 0 saturated carbocycles. The van der Waals surface area contributed by atoms with Crippen LogP contribution in [0.2, 0.25) is 0 Å². The summed E-state index contributed by atoms with van der Waals surface area (Å²) in [6, 6.07) is 23.8. The number of nitrogens with zero attached hydrogens (tertiary/aromatic N) is 2. The third kappa shape index (κ3) is 5.10. The standard InChI is InChI=1S/C27H24N2O5/c1-28(17-19-8-4-2-5-9-19)23-16-25(31)29(26(23)32)22-14-12-21(13-15-22)27(33)34-18-24(30)20-10-6-3-7-11-20/h2-15,23H,16-18H2,1H3. The van der Waals surface area contributed by atoms with E-state index in [4.69, 9.17) is 4.74 Å². The number of carbonyl (C=O) groups is 4. The van der Waals surface area contributed by atoms with Gasteiger partial charge in [-0.3, -0.25) is 19.3 Å². The van der Waals surface area contributed by atoms with Crippen LogP contribution in [-0.2, 0) is 20.9 Å². The van der Waals surface area contributed by atoms with Crippen molar-refractivity contribution in [2.24, 2.45) is 0 Å². The predicted molar refractivity (Wildman–Crippen MR) is 126 cm³/mol. The van der Waals surface area contributed by atoms with E-state index in [-0.39, 0.29) is 36.2 Å². The molecule has 1 fully saturated rings. The average Bonchev–Trinajstić information content (AvgIpc) is 3.17. The van der Waals surface area contributed by atoms with E-state index in [0.717, 1.165) is 10.5 Å². The van der Waals surface area contributed by atoms with Crippen LogP contribution in [0.5, 0.6) is 0 Å². The van der Waals surface area contributed by atoms with Gasteiger partial charge in [-0.25, -0.2) is 9.69 Å². The number of anilines is 1. The number of amides is 2. The number of esters is 1. The Kier molecular flexibility index (Phi) is 6.94. The third-order valence-corrected chi connectivity index (χ3v) is 5.72. The lowest BCUT2D eigenvalue weighted by atomic mass is 10.1. The molecule has 0 bridgehead atoms. The SMILES string of the molecule is CN(Cc1ccccc1)C1CC(=O)N(c2ccc(C(=O)OCC(=O)c3ccccc3)cc2)C1=O. The molecule has 3 aromatic carbocycles. The normalized spacial score (nSPS) is 15.6. The molecule has 1 aliphatic rings. The number of likely N-dealkylation sites (N-methyl/N-ethyl adjacent to an activating group) is 1. The van der Waals surface area contributed by atoms with Gasteiger partial charge in [0, 0.05) is 12.1 Å². The van der Waals surface area contributed by atoms with Crippen molar-refractivity contribution < 1.29 is 23.9 Å². The third-order valence-electron chi connectivity index (χ3n) is 5.72. The molecule has 0 aromatic heterocycles. The van der Waals surface area contributed by atoms with Crippen LogP contribution in [0.25, 0.3) is 0 Å². The Morgan fingerprint density at radius 3 is 2.15 bits per heavy atom. The first-order valence-electron chi connectivity index (χ1n) is 10.9. The van der Waals surface area contributed by atoms with Crippen LogP contribution in [0.4, 0.5) is 5.69 Å². The van der Waals surface area contributed by atoms with Crippen molar-refractivity contribution in [2.75, 3.05) is 18.6 Å². The highest BCUT2D eigenvalue weighted by Crippen LogP contribution is 2.26. The molecule has 0 spiro atoms. The Labute approximate surface area is 197 Å². The number of hydrogen-bond acceptors (Lipinski definition) is 6. The van der Waals surface area contributed by atoms with E-state index in [1.54, 1.807) is 30.3 Å². The molecule has 7 nitrogen and oxygen atoms in total. The minimum atomic E-state index is -0.657. The largest absolute Gasteiger partial charge is 0.454 e. The molecule has 1 saturated heterocycles. The Bertz CT molecular complexity index is 1190. The fourth-order valence-corrected chi connectivity index (χ4v) is 3.88. The van der Waals surface area contributed by atoms with Gasteiger partial charge in [-0.15, -0.1) is 0 Å². The Balaban J connectivity index is 1.38. The zero-order valence-electron chi connectivity index (χ0n) is 18.7. The molecule has 1 unspecified atom stereocenters. The van der Waals surface area contributed by atoms with Crippen LogP contribution < -0.4 is 4.90 Å². The molecule has 0 radical (unpaired) electrons. The molecule has 7 heteroatoms. The molecule has 1 heterocycles. The van der Waals surface area contributed by atoms with E-state index in [1.165, 1.54) is 24.3 Å². The Morgan fingerprint density at radius 2 is 1.50 bits per heavy atom. The smallest absolute Gasteiger partial charge is 0.338 e. The van der Waals surface area contributed by atoms with Gasteiger partial charge in [-0.2, -0.15) is 0 Å². The summed E-state index contributed by atoms with van der Waals surface area (Å²) < 4.78 is 5.11. The summed E-state index contributed by atoms with van der Waals surface area (Å²) in [5.41, 5.74) is 2.13. The van der Waals surface area contributed by atoms with E-state index >= 15 is 0 Å². The molecular formula is C27H24N2O5. The highest BCUT2D eigenvalue weighted by molar-refractivity contribution is 6.22. The zero-order valence-corrected chi connectivity index (χ0v) is 18.7. The lowest BCUT2D eigenvalue weighted by Crippen LogP contribution is -2.39. The van der Waals surface area contributed by atoms with Crippen LogP contribution >= 0.6 is 0 Å². The molecular weight excluding hydrogens is 432 g/mol. The fraction of sp³-hybridized carbons (Fsp3) is 0.185. The van der Waals surface area contributed by atoms with Crippen molar-refractivity contribution in [1.82, 2.24) is 4.90 Å². The summed E-state index contributed by atoms with van der Waals surface area (Å²) in [5.74, 6) is -1.55. The van der Waals surface area contributed by atoms with E-state index in [2.05, 4.69) is 0 Å². The number of imide groups is 1. The molecule has 1 atom stereocenters. The molecule has 3 aromatic rings. The molecule has 0 N–H and O–H groups in total. The van der Waals surface area contributed by atoms with Gasteiger partial charge in [0.25, 0.3) is 5.91 Å². The van der Waals surface area contributed by atoms with Gasteiger partial charge in [-0.05, 0) is 36.9 Å². The van der Waals surface area contributed by atoms with Crippen molar-refractivity contribution in [3.63, 3.8) is 0 Å². The fourth-order valence-electron chi connectivity index (χ4n) is 3.88. The molecule has 4 rings (SSSR count). The minimum absolute atomic E-state index is 0.0908. The monoisotopic (exact) mass is 456 g/mol. The maximum absolute atomic E-state index is 13.0. The first kappa shape index (κ1) is 23.1. The van der Waals surface area contributed by atoms with Crippen molar-refractivity contribution in [3.8, 4) is 0 Å². The van der Waals surface area contributed by atoms with E-state index in [1.807, 2.05) is 42.3 Å². The second-order valence-electron chi connectivity index (χ2n) is 8.10. The van der Waals surface area contributed by atoms with Crippen molar-refractivity contribution >= 4 is 29.3 Å². The summed E-state index contributed by atoms with van der Waals surface area (Å²) in [6.07, 6.45) is 0.0908. The predicted octanol–water partition coefficient (Wildman–Crippen LogP) is 3.49. The lowest BCUT2D eigenvalue weighted by molar-refractivity contribution is -0.122. The Morgan fingerprint density at radius 1 is 0.882 bits per heavy atom. The van der Waals surface area contributed by atoms with E-state index in [0.29, 0.717) is 17.8 Å². The summed E-state index contributed by atoms with van der Waals surface area (Å²) in [4.78, 5) is 53.1. The van der Waals surface area contributed by atoms with Gasteiger partial charge < -0.3 is 4.74 Å². The molecule has 0 aliphatic carbocycles. The van der Waals surface area contributed by atoms with Gasteiger partial charge in [0.05, 0.1) is 23.7 Å². The maximum atomic E-state index is 13.0. The number of ether oxygens (including phenoxy) is 1. The van der Waals surface area contributed by atoms with E-state index < -0.39 is 12.0 Å². The van der Waals surface area contributed by atoms with Gasteiger partial charge in [0.1, 0.15) is 0 Å².